The highest BCUT2D eigenvalue weighted by molar-refractivity contribution is 7.09. The maximum absolute atomic E-state index is 5.56. The second-order valence-corrected chi connectivity index (χ2v) is 7.04. The van der Waals surface area contributed by atoms with Crippen LogP contribution in [0, 0.1) is 13.8 Å². The summed E-state index contributed by atoms with van der Waals surface area (Å²) in [6, 6.07) is 0. The molecule has 0 saturated heterocycles. The van der Waals surface area contributed by atoms with Gasteiger partial charge in [0.25, 0.3) is 0 Å². The van der Waals surface area contributed by atoms with E-state index in [0.717, 1.165) is 27.9 Å². The van der Waals surface area contributed by atoms with Crippen LogP contribution in [0.2, 0.25) is 0 Å². The van der Waals surface area contributed by atoms with Gasteiger partial charge in [0.15, 0.2) is 0 Å². The number of aryl methyl sites for hydroxylation is 1. The van der Waals surface area contributed by atoms with Gasteiger partial charge >= 0.3 is 0 Å². The third kappa shape index (κ3) is 3.68. The van der Waals surface area contributed by atoms with Crippen LogP contribution in [-0.4, -0.2) is 15.0 Å². The summed E-state index contributed by atoms with van der Waals surface area (Å²) in [7, 11) is 0. The molecule has 2 aromatic heterocycles. The molecule has 0 aliphatic rings. The molecule has 0 saturated carbocycles. The number of thiazole rings is 1. The topological polar surface area (TPSA) is 88.8 Å². The quantitative estimate of drug-likeness (QED) is 0.594. The lowest BCUT2D eigenvalue weighted by Gasteiger charge is -2.20. The average molecular weight is 306 g/mol. The third-order valence-corrected chi connectivity index (χ3v) is 3.88. The first kappa shape index (κ1) is 15.7. The molecule has 0 aliphatic heterocycles. The zero-order chi connectivity index (χ0) is 15.6. The number of hydrogen-bond acceptors (Lipinski definition) is 7. The van der Waals surface area contributed by atoms with Gasteiger partial charge in [0.05, 0.1) is 17.2 Å². The first-order valence-electron chi connectivity index (χ1n) is 6.82. The van der Waals surface area contributed by atoms with Crippen molar-refractivity contribution in [2.24, 2.45) is 5.84 Å². The van der Waals surface area contributed by atoms with E-state index in [9.17, 15) is 0 Å². The van der Waals surface area contributed by atoms with Crippen molar-refractivity contribution in [1.29, 1.82) is 0 Å². The van der Waals surface area contributed by atoms with Gasteiger partial charge < -0.3 is 10.7 Å². The first-order valence-corrected chi connectivity index (χ1v) is 7.70. The number of hydrazine groups is 1. The Morgan fingerprint density at radius 1 is 1.14 bits per heavy atom. The average Bonchev–Trinajstić information content (AvgIpc) is 2.82. The highest BCUT2D eigenvalue weighted by atomic mass is 32.1. The summed E-state index contributed by atoms with van der Waals surface area (Å²) in [5, 5.41) is 6.44. The van der Waals surface area contributed by atoms with Crippen LogP contribution in [0.4, 0.5) is 11.6 Å². The Balaban J connectivity index is 2.28. The zero-order valence-corrected chi connectivity index (χ0v) is 13.9. The van der Waals surface area contributed by atoms with E-state index in [4.69, 9.17) is 5.84 Å². The van der Waals surface area contributed by atoms with E-state index in [-0.39, 0.29) is 5.41 Å². The molecule has 0 amide bonds. The van der Waals surface area contributed by atoms with Gasteiger partial charge in [-0.3, -0.25) is 0 Å². The fourth-order valence-corrected chi connectivity index (χ4v) is 2.44. The van der Waals surface area contributed by atoms with Crippen LogP contribution in [-0.2, 0) is 12.0 Å². The molecule has 7 heteroatoms. The molecule has 21 heavy (non-hydrogen) atoms. The van der Waals surface area contributed by atoms with E-state index in [1.165, 1.54) is 0 Å². The molecule has 0 aromatic carbocycles. The van der Waals surface area contributed by atoms with Gasteiger partial charge in [-0.1, -0.05) is 20.8 Å². The van der Waals surface area contributed by atoms with Crippen molar-refractivity contribution in [1.82, 2.24) is 15.0 Å². The lowest BCUT2D eigenvalue weighted by atomic mass is 9.95. The normalized spacial score (nSPS) is 11.5. The Morgan fingerprint density at radius 2 is 1.81 bits per heavy atom. The number of aromatic nitrogens is 3. The molecule has 0 aliphatic carbocycles. The second-order valence-electron chi connectivity index (χ2n) is 5.98. The monoisotopic (exact) mass is 306 g/mol. The fraction of sp³-hybridized carbons (Fsp3) is 0.500. The molecule has 2 heterocycles. The van der Waals surface area contributed by atoms with Gasteiger partial charge in [0.1, 0.15) is 17.5 Å². The molecule has 2 rings (SSSR count). The van der Waals surface area contributed by atoms with Crippen molar-refractivity contribution < 1.29 is 0 Å². The first-order chi connectivity index (χ1) is 9.81. The number of nitrogen functional groups attached to an aromatic ring is 1. The standard InChI is InChI=1S/C14H22N6S/c1-8-11(16-6-10-7-21-9(2)17-10)18-13(14(3,4)5)19-12(8)20-15/h7H,6,15H2,1-5H3,(H2,16,18,19,20). The number of nitrogens with two attached hydrogens (primary N) is 1. The van der Waals surface area contributed by atoms with Crippen molar-refractivity contribution >= 4 is 23.0 Å². The molecular formula is C14H22N6S. The van der Waals surface area contributed by atoms with Crippen molar-refractivity contribution in [3.8, 4) is 0 Å². The smallest absolute Gasteiger partial charge is 0.148 e. The van der Waals surface area contributed by atoms with Crippen LogP contribution < -0.4 is 16.6 Å². The summed E-state index contributed by atoms with van der Waals surface area (Å²) in [6.45, 7) is 10.8. The minimum Gasteiger partial charge on any atom is -0.364 e. The van der Waals surface area contributed by atoms with Gasteiger partial charge in [-0.15, -0.1) is 11.3 Å². The van der Waals surface area contributed by atoms with Crippen molar-refractivity contribution in [2.45, 2.75) is 46.6 Å². The molecule has 4 N–H and O–H groups in total. The van der Waals surface area contributed by atoms with E-state index < -0.39 is 0 Å². The maximum atomic E-state index is 5.56. The van der Waals surface area contributed by atoms with Crippen LogP contribution in [0.5, 0.6) is 0 Å². The van der Waals surface area contributed by atoms with Crippen LogP contribution in [0.1, 0.15) is 42.9 Å². The Kier molecular flexibility index (Phi) is 4.43. The lowest BCUT2D eigenvalue weighted by molar-refractivity contribution is 0.546. The minimum atomic E-state index is -0.146. The highest BCUT2D eigenvalue weighted by Crippen LogP contribution is 2.26. The summed E-state index contributed by atoms with van der Waals surface area (Å²) in [6.07, 6.45) is 0. The van der Waals surface area contributed by atoms with E-state index >= 15 is 0 Å². The zero-order valence-electron chi connectivity index (χ0n) is 13.1. The molecule has 2 aromatic rings. The Labute approximate surface area is 129 Å². The SMILES string of the molecule is Cc1nc(CNc2nc(C(C)(C)C)nc(NN)c2C)cs1. The van der Waals surface area contributed by atoms with Crippen molar-refractivity contribution in [3.63, 3.8) is 0 Å². The summed E-state index contributed by atoms with van der Waals surface area (Å²) >= 11 is 1.64. The third-order valence-electron chi connectivity index (χ3n) is 3.06. The largest absolute Gasteiger partial charge is 0.364 e. The molecule has 0 bridgehead atoms. The number of rotatable bonds is 4. The van der Waals surface area contributed by atoms with E-state index in [0.29, 0.717) is 12.4 Å². The molecule has 114 valence electrons. The predicted octanol–water partition coefficient (Wildman–Crippen LogP) is 2.75. The van der Waals surface area contributed by atoms with Gasteiger partial charge in [0.2, 0.25) is 0 Å². The van der Waals surface area contributed by atoms with Crippen LogP contribution in [0.15, 0.2) is 5.38 Å². The maximum Gasteiger partial charge on any atom is 0.148 e. The van der Waals surface area contributed by atoms with Crippen LogP contribution in [0.25, 0.3) is 0 Å². The summed E-state index contributed by atoms with van der Waals surface area (Å²) in [5.74, 6) is 7.74. The summed E-state index contributed by atoms with van der Waals surface area (Å²) < 4.78 is 0. The molecule has 0 fully saturated rings. The minimum absolute atomic E-state index is 0.146. The number of hydrogen-bond donors (Lipinski definition) is 3. The summed E-state index contributed by atoms with van der Waals surface area (Å²) in [4.78, 5) is 13.6. The summed E-state index contributed by atoms with van der Waals surface area (Å²) in [5.41, 5.74) is 4.41. The van der Waals surface area contributed by atoms with Gasteiger partial charge in [-0.25, -0.2) is 20.8 Å². The molecule has 0 unspecified atom stereocenters. The molecule has 0 radical (unpaired) electrons. The lowest BCUT2D eigenvalue weighted by Crippen LogP contribution is -2.21. The highest BCUT2D eigenvalue weighted by Gasteiger charge is 2.21. The molecule has 0 atom stereocenters. The van der Waals surface area contributed by atoms with Crippen LogP contribution in [0.3, 0.4) is 0 Å². The fourth-order valence-electron chi connectivity index (χ4n) is 1.83. The number of nitrogens with one attached hydrogen (secondary N) is 2. The number of anilines is 2. The van der Waals surface area contributed by atoms with Gasteiger partial charge in [-0.05, 0) is 13.8 Å². The van der Waals surface area contributed by atoms with Crippen molar-refractivity contribution in [3.05, 3.63) is 27.5 Å². The predicted molar refractivity (Wildman–Crippen MR) is 87.5 cm³/mol. The van der Waals surface area contributed by atoms with E-state index in [1.54, 1.807) is 11.3 Å². The second kappa shape index (κ2) is 5.95. The van der Waals surface area contributed by atoms with Gasteiger partial charge in [-0.2, -0.15) is 0 Å². The van der Waals surface area contributed by atoms with Gasteiger partial charge in [0, 0.05) is 16.4 Å². The van der Waals surface area contributed by atoms with Crippen LogP contribution >= 0.6 is 11.3 Å². The number of nitrogens with zero attached hydrogens (tertiary/aromatic N) is 3. The Bertz CT molecular complexity index is 629. The Hall–Kier alpha value is -1.73. The molecular weight excluding hydrogens is 284 g/mol. The van der Waals surface area contributed by atoms with Crippen molar-refractivity contribution in [2.75, 3.05) is 10.7 Å². The molecule has 6 nitrogen and oxygen atoms in total. The van der Waals surface area contributed by atoms with E-state index in [1.807, 2.05) is 19.2 Å². The van der Waals surface area contributed by atoms with E-state index in [2.05, 4.69) is 46.5 Å². The Morgan fingerprint density at radius 3 is 2.33 bits per heavy atom. The molecule has 0 spiro atoms.